The Labute approximate surface area is 151 Å². The Morgan fingerprint density at radius 2 is 2.12 bits per heavy atom. The lowest BCUT2D eigenvalue weighted by Gasteiger charge is -2.07. The number of benzene rings is 2. The van der Waals surface area contributed by atoms with Gasteiger partial charge >= 0.3 is 5.63 Å². The van der Waals surface area contributed by atoms with Crippen LogP contribution in [0.2, 0.25) is 5.02 Å². The van der Waals surface area contributed by atoms with Crippen LogP contribution < -0.4 is 5.63 Å². The summed E-state index contributed by atoms with van der Waals surface area (Å²) in [6, 6.07) is 10.3. The fourth-order valence-electron chi connectivity index (χ4n) is 2.71. The summed E-state index contributed by atoms with van der Waals surface area (Å²) in [5.74, 6) is 0.648. The van der Waals surface area contributed by atoms with E-state index in [1.54, 1.807) is 25.1 Å². The summed E-state index contributed by atoms with van der Waals surface area (Å²) < 4.78 is 5.26. The molecule has 126 valence electrons. The van der Waals surface area contributed by atoms with Crippen LogP contribution in [-0.2, 0) is 5.75 Å². The van der Waals surface area contributed by atoms with Crippen molar-refractivity contribution in [3.63, 3.8) is 0 Å². The first-order valence-corrected chi connectivity index (χ1v) is 8.91. The molecule has 2 aromatic heterocycles. The molecule has 4 rings (SSSR count). The molecular formula is C18H13ClN2O3S. The van der Waals surface area contributed by atoms with Crippen LogP contribution in [0, 0.1) is 6.92 Å². The van der Waals surface area contributed by atoms with Crippen molar-refractivity contribution in [1.82, 2.24) is 9.97 Å². The molecule has 0 aliphatic rings. The van der Waals surface area contributed by atoms with Crippen molar-refractivity contribution >= 4 is 45.4 Å². The largest absolute Gasteiger partial charge is 0.508 e. The number of aromatic amines is 1. The van der Waals surface area contributed by atoms with Crippen LogP contribution in [0.4, 0.5) is 0 Å². The highest BCUT2D eigenvalue weighted by molar-refractivity contribution is 7.98. The van der Waals surface area contributed by atoms with Gasteiger partial charge in [-0.05, 0) is 42.8 Å². The molecule has 0 amide bonds. The number of phenolic OH excluding ortho intramolecular Hbond substituents is 1. The zero-order valence-electron chi connectivity index (χ0n) is 13.2. The number of H-pyrrole nitrogens is 1. The van der Waals surface area contributed by atoms with Crippen LogP contribution in [0.3, 0.4) is 0 Å². The van der Waals surface area contributed by atoms with E-state index in [4.69, 9.17) is 16.0 Å². The van der Waals surface area contributed by atoms with Gasteiger partial charge in [-0.2, -0.15) is 0 Å². The number of imidazole rings is 1. The fraction of sp³-hybridized carbons (Fsp3) is 0.111. The molecule has 0 aliphatic heterocycles. The number of fused-ring (bicyclic) bond motifs is 2. The zero-order valence-corrected chi connectivity index (χ0v) is 14.7. The molecule has 0 spiro atoms. The van der Waals surface area contributed by atoms with E-state index >= 15 is 0 Å². The average molecular weight is 373 g/mol. The lowest BCUT2D eigenvalue weighted by molar-refractivity contribution is 0.468. The second-order valence-corrected chi connectivity index (χ2v) is 7.07. The standard InChI is InChI=1S/C18H13ClN2O3S/c1-9-15(22)5-3-12-10(6-16(23)24-17(9)12)8-25-18-20-13-4-2-11(19)7-14(13)21-18/h2-7,22H,8H2,1H3,(H,20,21). The quantitative estimate of drug-likeness (QED) is 0.405. The number of aromatic hydroxyl groups is 1. The van der Waals surface area contributed by atoms with E-state index < -0.39 is 5.63 Å². The van der Waals surface area contributed by atoms with E-state index in [0.29, 0.717) is 21.9 Å². The molecular weight excluding hydrogens is 360 g/mol. The minimum atomic E-state index is -0.437. The van der Waals surface area contributed by atoms with Crippen LogP contribution in [0.5, 0.6) is 5.75 Å². The Morgan fingerprint density at radius 1 is 1.28 bits per heavy atom. The number of hydrogen-bond acceptors (Lipinski definition) is 5. The Morgan fingerprint density at radius 3 is 2.96 bits per heavy atom. The number of nitrogens with one attached hydrogen (secondary N) is 1. The molecule has 2 aromatic carbocycles. The molecule has 7 heteroatoms. The molecule has 0 atom stereocenters. The summed E-state index contributed by atoms with van der Waals surface area (Å²) in [6.07, 6.45) is 0. The third-order valence-electron chi connectivity index (χ3n) is 4.00. The van der Waals surface area contributed by atoms with Gasteiger partial charge in [-0.15, -0.1) is 0 Å². The lowest BCUT2D eigenvalue weighted by Crippen LogP contribution is -2.01. The maximum atomic E-state index is 11.9. The van der Waals surface area contributed by atoms with Gasteiger partial charge in [0.2, 0.25) is 0 Å². The van der Waals surface area contributed by atoms with Gasteiger partial charge in [-0.3, -0.25) is 0 Å². The number of halogens is 1. The molecule has 4 aromatic rings. The van der Waals surface area contributed by atoms with Crippen molar-refractivity contribution in [3.05, 3.63) is 63.0 Å². The first-order valence-electron chi connectivity index (χ1n) is 7.54. The number of phenols is 1. The summed E-state index contributed by atoms with van der Waals surface area (Å²) in [5, 5.41) is 12.0. The van der Waals surface area contributed by atoms with Gasteiger partial charge < -0.3 is 14.5 Å². The van der Waals surface area contributed by atoms with Crippen LogP contribution >= 0.6 is 23.4 Å². The Balaban J connectivity index is 1.70. The Bertz CT molecular complexity index is 1170. The second-order valence-electron chi connectivity index (χ2n) is 5.67. The number of thioether (sulfide) groups is 1. The van der Waals surface area contributed by atoms with Crippen LogP contribution in [0.15, 0.2) is 50.8 Å². The minimum Gasteiger partial charge on any atom is -0.508 e. The summed E-state index contributed by atoms with van der Waals surface area (Å²) in [7, 11) is 0. The zero-order chi connectivity index (χ0) is 17.6. The smallest absolute Gasteiger partial charge is 0.336 e. The maximum absolute atomic E-state index is 11.9. The van der Waals surface area contributed by atoms with Crippen molar-refractivity contribution in [2.45, 2.75) is 17.8 Å². The predicted molar refractivity (Wildman–Crippen MR) is 99.6 cm³/mol. The number of aryl methyl sites for hydroxylation is 1. The van der Waals surface area contributed by atoms with Gasteiger partial charge in [0.05, 0.1) is 11.0 Å². The minimum absolute atomic E-state index is 0.106. The molecule has 0 bridgehead atoms. The molecule has 0 radical (unpaired) electrons. The SMILES string of the molecule is Cc1c(O)ccc2c(CSc3nc4ccc(Cl)cc4[nH]3)cc(=O)oc12. The van der Waals surface area contributed by atoms with E-state index in [9.17, 15) is 9.90 Å². The van der Waals surface area contributed by atoms with Gasteiger partial charge in [-0.25, -0.2) is 9.78 Å². The fourth-order valence-corrected chi connectivity index (χ4v) is 3.76. The predicted octanol–water partition coefficient (Wildman–Crippen LogP) is 4.63. The van der Waals surface area contributed by atoms with Crippen molar-refractivity contribution in [2.24, 2.45) is 0 Å². The second kappa shape index (κ2) is 6.13. The Hall–Kier alpha value is -2.44. The van der Waals surface area contributed by atoms with Crippen LogP contribution in [0.1, 0.15) is 11.1 Å². The number of rotatable bonds is 3. The van der Waals surface area contributed by atoms with Gasteiger partial charge in [0.25, 0.3) is 0 Å². The molecule has 0 saturated heterocycles. The molecule has 5 nitrogen and oxygen atoms in total. The van der Waals surface area contributed by atoms with Crippen LogP contribution in [0.25, 0.3) is 22.0 Å². The topological polar surface area (TPSA) is 79.1 Å². The van der Waals surface area contributed by atoms with Gasteiger partial charge in [-0.1, -0.05) is 23.4 Å². The molecule has 25 heavy (non-hydrogen) atoms. The highest BCUT2D eigenvalue weighted by atomic mass is 35.5. The molecule has 0 fully saturated rings. The van der Waals surface area contributed by atoms with Gasteiger partial charge in [0.15, 0.2) is 5.16 Å². The first kappa shape index (κ1) is 16.1. The molecule has 2 heterocycles. The first-order chi connectivity index (χ1) is 12.0. The number of nitrogens with zero attached hydrogens (tertiary/aromatic N) is 1. The number of hydrogen-bond donors (Lipinski definition) is 2. The van der Waals surface area contributed by atoms with Crippen molar-refractivity contribution in [1.29, 1.82) is 0 Å². The van der Waals surface area contributed by atoms with Crippen molar-refractivity contribution < 1.29 is 9.52 Å². The third-order valence-corrected chi connectivity index (χ3v) is 5.16. The summed E-state index contributed by atoms with van der Waals surface area (Å²) in [4.78, 5) is 19.6. The highest BCUT2D eigenvalue weighted by Gasteiger charge is 2.12. The molecule has 0 unspecified atom stereocenters. The van der Waals surface area contributed by atoms with Crippen molar-refractivity contribution in [2.75, 3.05) is 0 Å². The van der Waals surface area contributed by atoms with E-state index in [2.05, 4.69) is 9.97 Å². The van der Waals surface area contributed by atoms with E-state index in [1.165, 1.54) is 17.8 Å². The van der Waals surface area contributed by atoms with Gasteiger partial charge in [0, 0.05) is 27.8 Å². The normalized spacial score (nSPS) is 11.4. The Kier molecular flexibility index (Phi) is 3.94. The maximum Gasteiger partial charge on any atom is 0.336 e. The number of aromatic nitrogens is 2. The van der Waals surface area contributed by atoms with E-state index in [1.807, 2.05) is 12.1 Å². The monoisotopic (exact) mass is 372 g/mol. The molecule has 0 saturated carbocycles. The van der Waals surface area contributed by atoms with Gasteiger partial charge in [0.1, 0.15) is 11.3 Å². The van der Waals surface area contributed by atoms with Crippen molar-refractivity contribution in [3.8, 4) is 5.75 Å². The van der Waals surface area contributed by atoms with E-state index in [-0.39, 0.29) is 5.75 Å². The lowest BCUT2D eigenvalue weighted by atomic mass is 10.1. The molecule has 2 N–H and O–H groups in total. The molecule has 0 aliphatic carbocycles. The average Bonchev–Trinajstić information content (AvgIpc) is 2.98. The summed E-state index contributed by atoms with van der Waals surface area (Å²) in [5.41, 5.74) is 3.07. The van der Waals surface area contributed by atoms with Crippen LogP contribution in [-0.4, -0.2) is 15.1 Å². The third kappa shape index (κ3) is 2.99. The van der Waals surface area contributed by atoms with E-state index in [0.717, 1.165) is 27.1 Å². The summed E-state index contributed by atoms with van der Waals surface area (Å²) in [6.45, 7) is 1.72. The highest BCUT2D eigenvalue weighted by Crippen LogP contribution is 2.31. The summed E-state index contributed by atoms with van der Waals surface area (Å²) >= 11 is 7.48.